The molecule has 2 aromatic rings. The summed E-state index contributed by atoms with van der Waals surface area (Å²) in [5.74, 6) is 0.193. The van der Waals surface area contributed by atoms with Gasteiger partial charge in [-0.2, -0.15) is 0 Å². The lowest BCUT2D eigenvalue weighted by Crippen LogP contribution is -2.24. The minimum atomic E-state index is -4.70. The monoisotopic (exact) mass is 375 g/mol. The molecular weight excluding hydrogens is 359 g/mol. The summed E-state index contributed by atoms with van der Waals surface area (Å²) < 4.78 is 47.3. The van der Waals surface area contributed by atoms with Crippen molar-refractivity contribution < 1.29 is 22.6 Å². The molecule has 1 aromatic carbocycles. The van der Waals surface area contributed by atoms with Crippen molar-refractivity contribution in [2.24, 2.45) is 0 Å². The second-order valence-corrected chi connectivity index (χ2v) is 6.48. The number of aromatic amines is 1. The molecule has 0 spiro atoms. The van der Waals surface area contributed by atoms with Crippen LogP contribution >= 0.6 is 11.8 Å². The van der Waals surface area contributed by atoms with E-state index in [1.807, 2.05) is 0 Å². The lowest BCUT2D eigenvalue weighted by atomic mass is 10.2. The first kappa shape index (κ1) is 17.9. The molecule has 6 nitrogen and oxygen atoms in total. The van der Waals surface area contributed by atoms with Gasteiger partial charge in [-0.25, -0.2) is 9.89 Å². The van der Waals surface area contributed by atoms with Gasteiger partial charge in [0.1, 0.15) is 5.75 Å². The Labute approximate surface area is 145 Å². The number of halogens is 3. The highest BCUT2D eigenvalue weighted by atomic mass is 32.2. The maximum Gasteiger partial charge on any atom is 0.573 e. The highest BCUT2D eigenvalue weighted by Crippen LogP contribution is 2.25. The van der Waals surface area contributed by atoms with Crippen molar-refractivity contribution in [1.29, 1.82) is 0 Å². The molecular formula is C15H16F3N3O3S. The molecule has 10 heteroatoms. The maximum atomic E-state index is 12.1. The standard InChI is InChI=1S/C15H16F3N3O3S/c16-15(17,18)24-11-5-3-10(4-6-11)9-25-14-20-19-13(22)21(14)8-12-2-1-7-23-12/h3-6,12H,1-2,7-9H2,(H,19,22). The van der Waals surface area contributed by atoms with Crippen molar-refractivity contribution in [3.8, 4) is 5.75 Å². The van der Waals surface area contributed by atoms with Gasteiger partial charge >= 0.3 is 12.1 Å². The zero-order valence-corrected chi connectivity index (χ0v) is 13.9. The molecule has 1 aromatic heterocycles. The van der Waals surface area contributed by atoms with Gasteiger partial charge in [-0.15, -0.1) is 18.3 Å². The SMILES string of the molecule is O=c1[nH]nc(SCc2ccc(OC(F)(F)F)cc2)n1CC1CCCO1. The Balaban J connectivity index is 1.61. The van der Waals surface area contributed by atoms with E-state index in [0.717, 1.165) is 18.4 Å². The minimum Gasteiger partial charge on any atom is -0.406 e. The van der Waals surface area contributed by atoms with E-state index in [9.17, 15) is 18.0 Å². The van der Waals surface area contributed by atoms with Gasteiger partial charge in [-0.05, 0) is 30.5 Å². The third-order valence-corrected chi connectivity index (χ3v) is 4.71. The zero-order chi connectivity index (χ0) is 17.9. The van der Waals surface area contributed by atoms with Gasteiger partial charge in [-0.1, -0.05) is 23.9 Å². The summed E-state index contributed by atoms with van der Waals surface area (Å²) >= 11 is 1.33. The van der Waals surface area contributed by atoms with E-state index in [4.69, 9.17) is 4.74 Å². The van der Waals surface area contributed by atoms with Crippen molar-refractivity contribution in [2.45, 2.75) is 42.8 Å². The first-order valence-electron chi connectivity index (χ1n) is 7.65. The smallest absolute Gasteiger partial charge is 0.406 e. The van der Waals surface area contributed by atoms with Gasteiger partial charge in [0.25, 0.3) is 0 Å². The average molecular weight is 375 g/mol. The molecule has 1 aliphatic heterocycles. The molecule has 0 bridgehead atoms. The number of nitrogens with zero attached hydrogens (tertiary/aromatic N) is 2. The first-order chi connectivity index (χ1) is 11.9. The number of benzene rings is 1. The van der Waals surface area contributed by atoms with Crippen LogP contribution in [0.1, 0.15) is 18.4 Å². The predicted octanol–water partition coefficient (Wildman–Crippen LogP) is 2.94. The number of hydrogen-bond donors (Lipinski definition) is 1. The van der Waals surface area contributed by atoms with Gasteiger partial charge in [0.05, 0.1) is 12.6 Å². The second kappa shape index (κ2) is 7.52. The van der Waals surface area contributed by atoms with Crippen LogP contribution in [0.4, 0.5) is 13.2 Å². The molecule has 1 saturated heterocycles. The lowest BCUT2D eigenvalue weighted by Gasteiger charge is -2.11. The van der Waals surface area contributed by atoms with Gasteiger partial charge < -0.3 is 9.47 Å². The quantitative estimate of drug-likeness (QED) is 0.787. The zero-order valence-electron chi connectivity index (χ0n) is 13.1. The molecule has 0 amide bonds. The summed E-state index contributed by atoms with van der Waals surface area (Å²) in [7, 11) is 0. The van der Waals surface area contributed by atoms with E-state index < -0.39 is 6.36 Å². The van der Waals surface area contributed by atoms with Crippen molar-refractivity contribution in [2.75, 3.05) is 6.61 Å². The Morgan fingerprint density at radius 2 is 2.12 bits per heavy atom. The fourth-order valence-electron chi connectivity index (χ4n) is 2.50. The Bertz CT molecular complexity index is 752. The number of ether oxygens (including phenoxy) is 2. The Hall–Kier alpha value is -1.94. The fourth-order valence-corrected chi connectivity index (χ4v) is 3.41. The van der Waals surface area contributed by atoms with Crippen LogP contribution in [-0.2, 0) is 17.0 Å². The third kappa shape index (κ3) is 5.02. The molecule has 1 N–H and O–H groups in total. The van der Waals surface area contributed by atoms with Gasteiger partial charge in [0.2, 0.25) is 0 Å². The van der Waals surface area contributed by atoms with E-state index in [-0.39, 0.29) is 17.5 Å². The van der Waals surface area contributed by atoms with E-state index in [0.29, 0.717) is 24.1 Å². The molecule has 136 valence electrons. The van der Waals surface area contributed by atoms with Crippen LogP contribution in [0.25, 0.3) is 0 Å². The molecule has 3 rings (SSSR count). The second-order valence-electron chi connectivity index (χ2n) is 5.54. The third-order valence-electron chi connectivity index (χ3n) is 3.66. The summed E-state index contributed by atoms with van der Waals surface area (Å²) in [6.07, 6.45) is -2.81. The molecule has 0 radical (unpaired) electrons. The Morgan fingerprint density at radius 3 is 2.76 bits per heavy atom. The average Bonchev–Trinajstić information content (AvgIpc) is 3.17. The molecule has 0 saturated carbocycles. The van der Waals surface area contributed by atoms with Crippen molar-refractivity contribution in [3.63, 3.8) is 0 Å². The molecule has 1 atom stereocenters. The highest BCUT2D eigenvalue weighted by molar-refractivity contribution is 7.98. The summed E-state index contributed by atoms with van der Waals surface area (Å²) in [4.78, 5) is 11.9. The molecule has 2 heterocycles. The number of aromatic nitrogens is 3. The Morgan fingerprint density at radius 1 is 1.36 bits per heavy atom. The Kier molecular flexibility index (Phi) is 5.38. The molecule has 1 aliphatic rings. The van der Waals surface area contributed by atoms with Crippen molar-refractivity contribution >= 4 is 11.8 Å². The van der Waals surface area contributed by atoms with E-state index in [1.54, 1.807) is 12.1 Å². The van der Waals surface area contributed by atoms with Crippen LogP contribution in [0.15, 0.2) is 34.2 Å². The number of rotatable bonds is 6. The topological polar surface area (TPSA) is 69.1 Å². The van der Waals surface area contributed by atoms with Crippen LogP contribution in [0.5, 0.6) is 5.75 Å². The number of thioether (sulfide) groups is 1. The normalized spacial score (nSPS) is 17.8. The van der Waals surface area contributed by atoms with E-state index in [1.165, 1.54) is 28.5 Å². The van der Waals surface area contributed by atoms with Crippen molar-refractivity contribution in [3.05, 3.63) is 40.3 Å². The maximum absolute atomic E-state index is 12.1. The molecule has 1 unspecified atom stereocenters. The fraction of sp³-hybridized carbons (Fsp3) is 0.467. The summed E-state index contributed by atoms with van der Waals surface area (Å²) in [6.45, 7) is 1.14. The van der Waals surface area contributed by atoms with Crippen LogP contribution in [0.2, 0.25) is 0 Å². The predicted molar refractivity (Wildman–Crippen MR) is 84.5 cm³/mol. The number of nitrogens with one attached hydrogen (secondary N) is 1. The van der Waals surface area contributed by atoms with Crippen molar-refractivity contribution in [1.82, 2.24) is 14.8 Å². The van der Waals surface area contributed by atoms with Gasteiger partial charge in [0.15, 0.2) is 5.16 Å². The minimum absolute atomic E-state index is 0.00782. The van der Waals surface area contributed by atoms with Crippen LogP contribution in [0.3, 0.4) is 0 Å². The summed E-state index contributed by atoms with van der Waals surface area (Å²) in [5, 5.41) is 6.94. The van der Waals surface area contributed by atoms with Crippen LogP contribution in [0, 0.1) is 0 Å². The van der Waals surface area contributed by atoms with Crippen LogP contribution in [-0.4, -0.2) is 33.8 Å². The molecule has 1 fully saturated rings. The van der Waals surface area contributed by atoms with E-state index >= 15 is 0 Å². The molecule has 0 aliphatic carbocycles. The number of H-pyrrole nitrogens is 1. The van der Waals surface area contributed by atoms with E-state index in [2.05, 4.69) is 14.9 Å². The number of hydrogen-bond acceptors (Lipinski definition) is 5. The highest BCUT2D eigenvalue weighted by Gasteiger charge is 2.30. The van der Waals surface area contributed by atoms with Crippen LogP contribution < -0.4 is 10.4 Å². The first-order valence-corrected chi connectivity index (χ1v) is 8.63. The van der Waals surface area contributed by atoms with Gasteiger partial charge in [-0.3, -0.25) is 4.57 Å². The number of alkyl halides is 3. The lowest BCUT2D eigenvalue weighted by molar-refractivity contribution is -0.274. The van der Waals surface area contributed by atoms with Gasteiger partial charge in [0, 0.05) is 12.4 Å². The molecule has 25 heavy (non-hydrogen) atoms. The summed E-state index contributed by atoms with van der Waals surface area (Å²) in [5.41, 5.74) is 0.491. The summed E-state index contributed by atoms with van der Waals surface area (Å²) in [6, 6.07) is 5.60. The largest absolute Gasteiger partial charge is 0.573 e.